The van der Waals surface area contributed by atoms with Gasteiger partial charge >= 0.3 is 5.97 Å². The zero-order valence-electron chi connectivity index (χ0n) is 13.3. The Morgan fingerprint density at radius 2 is 1.77 bits per heavy atom. The van der Waals surface area contributed by atoms with Crippen molar-refractivity contribution in [2.24, 2.45) is 0 Å². The van der Waals surface area contributed by atoms with Gasteiger partial charge in [-0.3, -0.25) is 9.59 Å². The Labute approximate surface area is 150 Å². The summed E-state index contributed by atoms with van der Waals surface area (Å²) in [5.74, 6) is -7.40. The Hall–Kier alpha value is -2.61. The first-order valence-electron chi connectivity index (χ1n) is 7.27. The topological polar surface area (TPSA) is 55.4 Å². The number of ether oxygens (including phenoxy) is 1. The highest BCUT2D eigenvalue weighted by molar-refractivity contribution is 6.31. The number of esters is 1. The Bertz CT molecular complexity index is 840. The predicted molar refractivity (Wildman–Crippen MR) is 85.6 cm³/mol. The van der Waals surface area contributed by atoms with E-state index in [1.54, 1.807) is 0 Å². The molecule has 0 saturated heterocycles. The maximum absolute atomic E-state index is 13.6. The van der Waals surface area contributed by atoms with Crippen LogP contribution in [0.1, 0.15) is 12.5 Å². The smallest absolute Gasteiger partial charge is 0.311 e. The van der Waals surface area contributed by atoms with Gasteiger partial charge in [0.25, 0.3) is 5.91 Å². The number of halogens is 5. The van der Waals surface area contributed by atoms with Crippen LogP contribution in [0.2, 0.25) is 5.02 Å². The fourth-order valence-electron chi connectivity index (χ4n) is 1.99. The first-order valence-corrected chi connectivity index (χ1v) is 7.65. The van der Waals surface area contributed by atoms with Crippen LogP contribution in [0.25, 0.3) is 0 Å². The molecule has 138 valence electrons. The van der Waals surface area contributed by atoms with Crippen LogP contribution in [0.15, 0.2) is 30.3 Å². The van der Waals surface area contributed by atoms with E-state index in [1.807, 2.05) is 5.32 Å². The number of amides is 1. The molecule has 1 amide bonds. The molecule has 0 aliphatic rings. The van der Waals surface area contributed by atoms with Crippen LogP contribution < -0.4 is 5.32 Å². The van der Waals surface area contributed by atoms with E-state index in [9.17, 15) is 27.2 Å². The Morgan fingerprint density at radius 1 is 1.08 bits per heavy atom. The second kappa shape index (κ2) is 8.18. The summed E-state index contributed by atoms with van der Waals surface area (Å²) in [6.45, 7) is 1.17. The zero-order chi connectivity index (χ0) is 19.4. The minimum absolute atomic E-state index is 0.0166. The Balaban J connectivity index is 2.01. The van der Waals surface area contributed by atoms with Crippen LogP contribution in [0.5, 0.6) is 0 Å². The van der Waals surface area contributed by atoms with Gasteiger partial charge in [0.1, 0.15) is 5.82 Å². The highest BCUT2D eigenvalue weighted by atomic mass is 35.5. The fourth-order valence-corrected chi connectivity index (χ4v) is 2.22. The van der Waals surface area contributed by atoms with Crippen LogP contribution in [-0.4, -0.2) is 18.0 Å². The molecular formula is C17H12ClF4NO3. The van der Waals surface area contributed by atoms with E-state index in [-0.39, 0.29) is 10.6 Å². The number of benzene rings is 2. The molecule has 0 spiro atoms. The SMILES string of the molecule is CC(OC(=O)Cc1c(F)cccc1Cl)C(=O)Nc1ccc(F)c(F)c1F. The Kier molecular flexibility index (Phi) is 6.20. The van der Waals surface area contributed by atoms with Crippen molar-refractivity contribution >= 4 is 29.2 Å². The summed E-state index contributed by atoms with van der Waals surface area (Å²) in [6.07, 6.45) is -1.93. The van der Waals surface area contributed by atoms with Crippen molar-refractivity contribution in [2.45, 2.75) is 19.4 Å². The minimum atomic E-state index is -1.75. The summed E-state index contributed by atoms with van der Waals surface area (Å²) in [6, 6.07) is 5.30. The third-order valence-electron chi connectivity index (χ3n) is 3.35. The summed E-state index contributed by atoms with van der Waals surface area (Å²) in [5, 5.41) is 1.99. The molecule has 9 heteroatoms. The first-order chi connectivity index (χ1) is 12.2. The van der Waals surface area contributed by atoms with E-state index in [4.69, 9.17) is 16.3 Å². The molecular weight excluding hydrogens is 378 g/mol. The van der Waals surface area contributed by atoms with Crippen LogP contribution in [0, 0.1) is 23.3 Å². The maximum Gasteiger partial charge on any atom is 0.311 e. The average Bonchev–Trinajstić information content (AvgIpc) is 2.58. The van der Waals surface area contributed by atoms with Gasteiger partial charge in [-0.05, 0) is 31.2 Å². The molecule has 26 heavy (non-hydrogen) atoms. The average molecular weight is 390 g/mol. The van der Waals surface area contributed by atoms with E-state index in [0.717, 1.165) is 12.1 Å². The van der Waals surface area contributed by atoms with Gasteiger partial charge in [-0.1, -0.05) is 17.7 Å². The molecule has 0 aromatic heterocycles. The van der Waals surface area contributed by atoms with Gasteiger partial charge in [-0.15, -0.1) is 0 Å². The van der Waals surface area contributed by atoms with Crippen LogP contribution >= 0.6 is 11.6 Å². The van der Waals surface area contributed by atoms with E-state index in [2.05, 4.69) is 0 Å². The van der Waals surface area contributed by atoms with E-state index in [1.165, 1.54) is 19.1 Å². The molecule has 1 atom stereocenters. The van der Waals surface area contributed by atoms with E-state index >= 15 is 0 Å². The summed E-state index contributed by atoms with van der Waals surface area (Å²) in [4.78, 5) is 23.8. The van der Waals surface area contributed by atoms with Crippen LogP contribution in [0.4, 0.5) is 23.2 Å². The molecule has 4 nitrogen and oxygen atoms in total. The normalized spacial score (nSPS) is 11.8. The monoisotopic (exact) mass is 389 g/mol. The van der Waals surface area contributed by atoms with Crippen molar-refractivity contribution in [3.63, 3.8) is 0 Å². The van der Waals surface area contributed by atoms with Crippen LogP contribution in [0.3, 0.4) is 0 Å². The number of hydrogen-bond donors (Lipinski definition) is 1. The molecule has 2 rings (SSSR count). The molecule has 0 heterocycles. The molecule has 0 fully saturated rings. The molecule has 0 radical (unpaired) electrons. The van der Waals surface area contributed by atoms with Gasteiger partial charge in [0, 0.05) is 10.6 Å². The highest BCUT2D eigenvalue weighted by Gasteiger charge is 2.22. The third-order valence-corrected chi connectivity index (χ3v) is 3.71. The van der Waals surface area contributed by atoms with Gasteiger partial charge in [0.05, 0.1) is 12.1 Å². The third kappa shape index (κ3) is 4.51. The van der Waals surface area contributed by atoms with Crippen molar-refractivity contribution in [3.8, 4) is 0 Å². The van der Waals surface area contributed by atoms with Gasteiger partial charge in [-0.25, -0.2) is 17.6 Å². The summed E-state index contributed by atoms with van der Waals surface area (Å²) in [5.41, 5.74) is -0.715. The first kappa shape index (κ1) is 19.7. The predicted octanol–water partition coefficient (Wildman–Crippen LogP) is 4.01. The maximum atomic E-state index is 13.6. The number of hydrogen-bond acceptors (Lipinski definition) is 3. The minimum Gasteiger partial charge on any atom is -0.452 e. The quantitative estimate of drug-likeness (QED) is 0.477. The summed E-state index contributed by atoms with van der Waals surface area (Å²) >= 11 is 5.79. The molecule has 0 bridgehead atoms. The van der Waals surface area contributed by atoms with Crippen molar-refractivity contribution in [3.05, 3.63) is 64.2 Å². The number of carbonyl (C=O) groups is 2. The van der Waals surface area contributed by atoms with E-state index in [0.29, 0.717) is 6.07 Å². The molecule has 1 unspecified atom stereocenters. The van der Waals surface area contributed by atoms with Crippen molar-refractivity contribution in [1.29, 1.82) is 0 Å². The number of nitrogens with one attached hydrogen (secondary N) is 1. The Morgan fingerprint density at radius 3 is 2.42 bits per heavy atom. The van der Waals surface area contributed by atoms with Gasteiger partial charge in [0.2, 0.25) is 0 Å². The van der Waals surface area contributed by atoms with Crippen molar-refractivity contribution < 1.29 is 31.9 Å². The van der Waals surface area contributed by atoms with Crippen molar-refractivity contribution in [1.82, 2.24) is 0 Å². The van der Waals surface area contributed by atoms with Gasteiger partial charge < -0.3 is 10.1 Å². The molecule has 0 saturated carbocycles. The number of carbonyl (C=O) groups excluding carboxylic acids is 2. The number of rotatable bonds is 5. The van der Waals surface area contributed by atoms with E-state index < -0.39 is 53.4 Å². The molecule has 0 aliphatic heterocycles. The lowest BCUT2D eigenvalue weighted by Crippen LogP contribution is -2.31. The lowest BCUT2D eigenvalue weighted by Gasteiger charge is -2.14. The molecule has 2 aromatic rings. The lowest BCUT2D eigenvalue weighted by atomic mass is 10.1. The molecule has 1 N–H and O–H groups in total. The van der Waals surface area contributed by atoms with Gasteiger partial charge in [0.15, 0.2) is 23.6 Å². The largest absolute Gasteiger partial charge is 0.452 e. The molecule has 2 aromatic carbocycles. The van der Waals surface area contributed by atoms with Crippen molar-refractivity contribution in [2.75, 3.05) is 5.32 Å². The summed E-state index contributed by atoms with van der Waals surface area (Å²) < 4.78 is 58.0. The summed E-state index contributed by atoms with van der Waals surface area (Å²) in [7, 11) is 0. The van der Waals surface area contributed by atoms with Gasteiger partial charge in [-0.2, -0.15) is 0 Å². The van der Waals surface area contributed by atoms with Crippen LogP contribution in [-0.2, 0) is 20.7 Å². The zero-order valence-corrected chi connectivity index (χ0v) is 14.0. The second-order valence-corrected chi connectivity index (χ2v) is 5.63. The highest BCUT2D eigenvalue weighted by Crippen LogP contribution is 2.21. The molecule has 0 aliphatic carbocycles. The lowest BCUT2D eigenvalue weighted by molar-refractivity contribution is -0.152. The number of anilines is 1. The standard InChI is InChI=1S/C17H12ClF4NO3/c1-8(17(25)23-13-6-5-12(20)15(21)16(13)22)26-14(24)7-9-10(18)3-2-4-11(9)19/h2-6,8H,7H2,1H3,(H,23,25). The fraction of sp³-hybridized carbons (Fsp3) is 0.176. The second-order valence-electron chi connectivity index (χ2n) is 5.22.